The van der Waals surface area contributed by atoms with Gasteiger partial charge in [0.15, 0.2) is 0 Å². The van der Waals surface area contributed by atoms with Crippen molar-refractivity contribution in [1.82, 2.24) is 0 Å². The third-order valence-corrected chi connectivity index (χ3v) is 3.59. The number of rotatable bonds is 2. The molecule has 0 aliphatic heterocycles. The first kappa shape index (κ1) is 10.7. The minimum Gasteiger partial charge on any atom is -0.389 e. The van der Waals surface area contributed by atoms with E-state index < -0.39 is 5.60 Å². The summed E-state index contributed by atoms with van der Waals surface area (Å²) in [7, 11) is 0. The van der Waals surface area contributed by atoms with Crippen LogP contribution >= 0.6 is 11.3 Å². The molecule has 1 heterocycles. The minimum atomic E-state index is -0.627. The minimum absolute atomic E-state index is 0.0724. The Hall–Kier alpha value is -0.340. The Morgan fingerprint density at radius 2 is 1.92 bits per heavy atom. The summed E-state index contributed by atoms with van der Waals surface area (Å²) in [6.07, 6.45) is 0.744. The van der Waals surface area contributed by atoms with E-state index in [0.717, 1.165) is 6.42 Å². The molecule has 0 saturated heterocycles. The third kappa shape index (κ3) is 2.55. The fourth-order valence-corrected chi connectivity index (χ4v) is 1.87. The molecule has 0 spiro atoms. The van der Waals surface area contributed by atoms with Gasteiger partial charge in [0.25, 0.3) is 0 Å². The van der Waals surface area contributed by atoms with Crippen molar-refractivity contribution >= 4 is 11.3 Å². The Balaban J connectivity index is 2.73. The molecule has 0 aliphatic carbocycles. The van der Waals surface area contributed by atoms with Crippen LogP contribution in [0.5, 0.6) is 0 Å². The molecule has 1 aromatic heterocycles. The van der Waals surface area contributed by atoms with Crippen molar-refractivity contribution in [3.63, 3.8) is 0 Å². The monoisotopic (exact) mass is 198 g/mol. The van der Waals surface area contributed by atoms with Crippen LogP contribution in [0, 0.1) is 5.41 Å². The second-order valence-corrected chi connectivity index (χ2v) is 5.81. The van der Waals surface area contributed by atoms with Crippen LogP contribution in [-0.2, 0) is 6.42 Å². The molecule has 1 nitrogen and oxygen atoms in total. The van der Waals surface area contributed by atoms with Crippen molar-refractivity contribution in [2.45, 2.75) is 39.7 Å². The zero-order chi connectivity index (χ0) is 10.1. The zero-order valence-corrected chi connectivity index (χ0v) is 9.61. The Kier molecular flexibility index (Phi) is 2.83. The van der Waals surface area contributed by atoms with E-state index in [1.54, 1.807) is 11.3 Å². The topological polar surface area (TPSA) is 20.2 Å². The van der Waals surface area contributed by atoms with Crippen LogP contribution in [0.15, 0.2) is 17.5 Å². The van der Waals surface area contributed by atoms with Gasteiger partial charge < -0.3 is 5.11 Å². The summed E-state index contributed by atoms with van der Waals surface area (Å²) >= 11 is 1.71. The molecule has 0 aliphatic rings. The van der Waals surface area contributed by atoms with E-state index in [1.807, 2.05) is 18.4 Å². The van der Waals surface area contributed by atoms with Gasteiger partial charge in [0.1, 0.15) is 0 Å². The zero-order valence-electron chi connectivity index (χ0n) is 8.79. The highest BCUT2D eigenvalue weighted by Gasteiger charge is 2.35. The molecular formula is C11H18OS. The molecule has 1 N–H and O–H groups in total. The summed E-state index contributed by atoms with van der Waals surface area (Å²) in [5.74, 6) is 0. The smallest absolute Gasteiger partial charge is 0.0715 e. The summed E-state index contributed by atoms with van der Waals surface area (Å²) < 4.78 is 0. The van der Waals surface area contributed by atoms with Gasteiger partial charge in [-0.3, -0.25) is 0 Å². The van der Waals surface area contributed by atoms with E-state index in [4.69, 9.17) is 0 Å². The van der Waals surface area contributed by atoms with Gasteiger partial charge in [-0.15, -0.1) is 11.3 Å². The number of hydrogen-bond donors (Lipinski definition) is 1. The first-order valence-corrected chi connectivity index (χ1v) is 5.46. The van der Waals surface area contributed by atoms with Crippen LogP contribution in [0.2, 0.25) is 0 Å². The average Bonchev–Trinajstić information content (AvgIpc) is 2.35. The van der Waals surface area contributed by atoms with Gasteiger partial charge in [-0.05, 0) is 23.8 Å². The van der Waals surface area contributed by atoms with Crippen molar-refractivity contribution < 1.29 is 5.11 Å². The van der Waals surface area contributed by atoms with E-state index in [0.29, 0.717) is 0 Å². The molecular weight excluding hydrogens is 180 g/mol. The lowest BCUT2D eigenvalue weighted by Gasteiger charge is -2.36. The summed E-state index contributed by atoms with van der Waals surface area (Å²) in [6, 6.07) is 4.10. The largest absolute Gasteiger partial charge is 0.389 e. The average molecular weight is 198 g/mol. The standard InChI is InChI=1S/C11H18OS/c1-10(2,3)11(4,12)8-9-6-5-7-13-9/h5-7,12H,8H2,1-4H3. The van der Waals surface area contributed by atoms with E-state index in [1.165, 1.54) is 4.88 Å². The van der Waals surface area contributed by atoms with Gasteiger partial charge in [-0.1, -0.05) is 26.8 Å². The molecule has 74 valence electrons. The van der Waals surface area contributed by atoms with Crippen LogP contribution in [0.3, 0.4) is 0 Å². The first-order chi connectivity index (χ1) is 5.83. The summed E-state index contributed by atoms with van der Waals surface area (Å²) in [6.45, 7) is 8.12. The first-order valence-electron chi connectivity index (χ1n) is 4.58. The SMILES string of the molecule is CC(C)(C)C(C)(O)Cc1cccs1. The Bertz CT molecular complexity index is 254. The highest BCUT2D eigenvalue weighted by Crippen LogP contribution is 2.33. The predicted octanol–water partition coefficient (Wildman–Crippen LogP) is 3.09. The van der Waals surface area contributed by atoms with Gasteiger partial charge in [-0.2, -0.15) is 0 Å². The molecule has 1 rings (SSSR count). The van der Waals surface area contributed by atoms with Crippen LogP contribution in [0.25, 0.3) is 0 Å². The van der Waals surface area contributed by atoms with Crippen LogP contribution in [0.1, 0.15) is 32.6 Å². The fraction of sp³-hybridized carbons (Fsp3) is 0.636. The van der Waals surface area contributed by atoms with Crippen LogP contribution in [-0.4, -0.2) is 10.7 Å². The summed E-state index contributed by atoms with van der Waals surface area (Å²) in [5, 5.41) is 12.3. The molecule has 1 unspecified atom stereocenters. The number of aliphatic hydroxyl groups is 1. The maximum atomic E-state index is 10.2. The quantitative estimate of drug-likeness (QED) is 0.774. The Morgan fingerprint density at radius 3 is 2.31 bits per heavy atom. The van der Waals surface area contributed by atoms with Crippen molar-refractivity contribution in [1.29, 1.82) is 0 Å². The van der Waals surface area contributed by atoms with Crippen molar-refractivity contribution in [2.24, 2.45) is 5.41 Å². The lowest BCUT2D eigenvalue weighted by molar-refractivity contribution is -0.0399. The van der Waals surface area contributed by atoms with Crippen molar-refractivity contribution in [3.05, 3.63) is 22.4 Å². The fourth-order valence-electron chi connectivity index (χ4n) is 1.02. The second-order valence-electron chi connectivity index (χ2n) is 4.78. The van der Waals surface area contributed by atoms with E-state index >= 15 is 0 Å². The number of thiophene rings is 1. The van der Waals surface area contributed by atoms with E-state index in [2.05, 4.69) is 26.8 Å². The van der Waals surface area contributed by atoms with Crippen LogP contribution < -0.4 is 0 Å². The van der Waals surface area contributed by atoms with E-state index in [9.17, 15) is 5.11 Å². The summed E-state index contributed by atoms with van der Waals surface area (Å²) in [5.41, 5.74) is -0.700. The van der Waals surface area contributed by atoms with Gasteiger partial charge >= 0.3 is 0 Å². The maximum Gasteiger partial charge on any atom is 0.0715 e. The van der Waals surface area contributed by atoms with Crippen molar-refractivity contribution in [3.8, 4) is 0 Å². The molecule has 0 amide bonds. The van der Waals surface area contributed by atoms with Gasteiger partial charge in [0, 0.05) is 11.3 Å². The third-order valence-electron chi connectivity index (χ3n) is 2.71. The molecule has 0 aromatic carbocycles. The van der Waals surface area contributed by atoms with Gasteiger partial charge in [-0.25, -0.2) is 0 Å². The molecule has 0 radical (unpaired) electrons. The van der Waals surface area contributed by atoms with Gasteiger partial charge in [0.05, 0.1) is 5.60 Å². The Labute approximate surface area is 84.4 Å². The molecule has 1 atom stereocenters. The van der Waals surface area contributed by atoms with E-state index in [-0.39, 0.29) is 5.41 Å². The normalized spacial score (nSPS) is 17.0. The van der Waals surface area contributed by atoms with Crippen LogP contribution in [0.4, 0.5) is 0 Å². The maximum absolute atomic E-state index is 10.2. The molecule has 0 fully saturated rings. The summed E-state index contributed by atoms with van der Waals surface area (Å²) in [4.78, 5) is 1.25. The molecule has 1 aromatic rings. The highest BCUT2D eigenvalue weighted by molar-refractivity contribution is 7.09. The second kappa shape index (κ2) is 3.43. The molecule has 2 heteroatoms. The lowest BCUT2D eigenvalue weighted by Crippen LogP contribution is -2.41. The highest BCUT2D eigenvalue weighted by atomic mass is 32.1. The molecule has 0 bridgehead atoms. The molecule has 0 saturated carbocycles. The lowest BCUT2D eigenvalue weighted by atomic mass is 9.75. The molecule has 13 heavy (non-hydrogen) atoms. The number of hydrogen-bond acceptors (Lipinski definition) is 2. The van der Waals surface area contributed by atoms with Crippen molar-refractivity contribution in [2.75, 3.05) is 0 Å². The van der Waals surface area contributed by atoms with Gasteiger partial charge in [0.2, 0.25) is 0 Å². The predicted molar refractivity (Wildman–Crippen MR) is 58.1 cm³/mol. The Morgan fingerprint density at radius 1 is 1.31 bits per heavy atom.